The second-order valence-corrected chi connectivity index (χ2v) is 15.1. The van der Waals surface area contributed by atoms with E-state index in [4.69, 9.17) is 6.57 Å². The van der Waals surface area contributed by atoms with Crippen LogP contribution in [-0.4, -0.2) is 39.0 Å². The molecule has 0 radical (unpaired) electrons. The van der Waals surface area contributed by atoms with E-state index in [0.717, 1.165) is 60.8 Å². The van der Waals surface area contributed by atoms with Gasteiger partial charge < -0.3 is 9.13 Å². The normalized spacial score (nSPS) is 11.9. The van der Waals surface area contributed by atoms with Crippen molar-refractivity contribution in [2.45, 2.75) is 40.8 Å². The summed E-state index contributed by atoms with van der Waals surface area (Å²) in [4.78, 5) is 31.2. The average Bonchev–Trinajstić information content (AvgIpc) is 3.74. The Morgan fingerprint density at radius 1 is 0.492 bits per heavy atom. The van der Waals surface area contributed by atoms with Gasteiger partial charge in [0.1, 0.15) is 23.3 Å². The molecule has 61 heavy (non-hydrogen) atoms. The third kappa shape index (κ3) is 6.16. The molecule has 296 valence electrons. The lowest BCUT2D eigenvalue weighted by molar-refractivity contribution is -0.137. The van der Waals surface area contributed by atoms with Crippen molar-refractivity contribution in [3.05, 3.63) is 161 Å². The maximum absolute atomic E-state index is 14.9. The first-order chi connectivity index (χ1) is 29.4. The van der Waals surface area contributed by atoms with Crippen LogP contribution in [0.4, 0.5) is 18.9 Å². The van der Waals surface area contributed by atoms with E-state index in [1.165, 1.54) is 6.07 Å². The molecular weight excluding hydrogens is 772 g/mol. The number of fused-ring (bicyclic) bond motifs is 6. The lowest BCUT2D eigenvalue weighted by Crippen LogP contribution is -2.09. The fraction of sp³-hybridized carbons (Fsp3) is 0.122. The summed E-state index contributed by atoms with van der Waals surface area (Å²) in [5.74, 6) is 3.53. The minimum absolute atomic E-state index is 0.0350. The molecule has 6 aromatic carbocycles. The van der Waals surface area contributed by atoms with Crippen LogP contribution in [-0.2, 0) is 6.18 Å². The first-order valence-corrected chi connectivity index (χ1v) is 19.6. The number of benzene rings is 6. The zero-order chi connectivity index (χ0) is 42.3. The Kier molecular flexibility index (Phi) is 8.55. The van der Waals surface area contributed by atoms with E-state index in [0.29, 0.717) is 51.9 Å². The molecule has 12 heteroatoms. The van der Waals surface area contributed by atoms with Gasteiger partial charge in [-0.3, -0.25) is 0 Å². The van der Waals surface area contributed by atoms with Crippen molar-refractivity contribution in [3.63, 3.8) is 0 Å². The molecule has 4 heterocycles. The van der Waals surface area contributed by atoms with Crippen molar-refractivity contribution in [3.8, 4) is 45.3 Å². The first-order valence-electron chi connectivity index (χ1n) is 19.6. The fourth-order valence-electron chi connectivity index (χ4n) is 8.71. The van der Waals surface area contributed by atoms with Gasteiger partial charge in [-0.1, -0.05) is 48.5 Å². The van der Waals surface area contributed by atoms with Gasteiger partial charge in [-0.25, -0.2) is 34.7 Å². The summed E-state index contributed by atoms with van der Waals surface area (Å²) >= 11 is 0. The lowest BCUT2D eigenvalue weighted by atomic mass is 9.92. The number of nitrogens with zero attached hydrogens (tertiary/aromatic N) is 9. The summed E-state index contributed by atoms with van der Waals surface area (Å²) in [6, 6.07) is 35.6. The van der Waals surface area contributed by atoms with Gasteiger partial charge >= 0.3 is 6.18 Å². The molecule has 0 amide bonds. The van der Waals surface area contributed by atoms with E-state index in [1.807, 2.05) is 107 Å². The quantitative estimate of drug-likeness (QED) is 0.161. The molecule has 0 bridgehead atoms. The smallest absolute Gasteiger partial charge is 0.308 e. The molecule has 9 nitrogen and oxygen atoms in total. The minimum atomic E-state index is -4.67. The van der Waals surface area contributed by atoms with Crippen LogP contribution in [0.1, 0.15) is 34.4 Å². The van der Waals surface area contributed by atoms with Crippen LogP contribution in [0, 0.1) is 41.2 Å². The van der Waals surface area contributed by atoms with Crippen LogP contribution in [0.25, 0.3) is 93.7 Å². The topological polar surface area (TPSA) is 91.6 Å². The van der Waals surface area contributed by atoms with Gasteiger partial charge in [0.25, 0.3) is 0 Å². The number of rotatable bonds is 5. The van der Waals surface area contributed by atoms with E-state index >= 15 is 0 Å². The van der Waals surface area contributed by atoms with Gasteiger partial charge in [-0.2, -0.15) is 13.2 Å². The maximum atomic E-state index is 14.9. The molecule has 0 spiro atoms. The standard InChI is InChI=1S/C49H34F3N9/c1-26-12-11-15-38(49(50,51)52)46(26)37-24-44(60-40-16-9-7-13-33(40)35-22-31(18-20-42(35)60)47-56-27(2)54-28(3)57-47)45(25-39(37)53-6)61-41-17-10-8-14-34(41)36-23-32(19-21-43(36)61)48-58-29(4)55-30(5)59-48/h7-25H,1-5H3. The third-order valence-corrected chi connectivity index (χ3v) is 11.1. The molecule has 0 saturated heterocycles. The fourth-order valence-corrected chi connectivity index (χ4v) is 8.71. The molecule has 4 aromatic heterocycles. The Morgan fingerprint density at radius 3 is 1.43 bits per heavy atom. The van der Waals surface area contributed by atoms with Crippen LogP contribution in [0.5, 0.6) is 0 Å². The highest BCUT2D eigenvalue weighted by molar-refractivity contribution is 6.13. The summed E-state index contributed by atoms with van der Waals surface area (Å²) < 4.78 is 48.9. The van der Waals surface area contributed by atoms with Gasteiger partial charge in [0, 0.05) is 32.7 Å². The SMILES string of the molecule is [C-]#[N+]c1cc(-n2c3ccccc3c3cc(-c4nc(C)nc(C)n4)ccc32)c(-n2c3ccccc3c3cc(-c4nc(C)nc(C)n4)ccc32)cc1-c1c(C)cccc1C(F)(F)F. The van der Waals surface area contributed by atoms with Crippen molar-refractivity contribution in [2.24, 2.45) is 0 Å². The monoisotopic (exact) mass is 805 g/mol. The molecular formula is C49H34F3N9. The predicted octanol–water partition coefficient (Wildman–Crippen LogP) is 12.4. The Hall–Kier alpha value is -7.78. The predicted molar refractivity (Wildman–Crippen MR) is 233 cm³/mol. The molecule has 0 aliphatic rings. The summed E-state index contributed by atoms with van der Waals surface area (Å²) in [6.45, 7) is 17.5. The molecule has 0 fully saturated rings. The number of alkyl halides is 3. The number of aromatic nitrogens is 8. The van der Waals surface area contributed by atoms with Gasteiger partial charge in [0.2, 0.25) is 0 Å². The van der Waals surface area contributed by atoms with Crippen molar-refractivity contribution in [1.82, 2.24) is 39.0 Å². The van der Waals surface area contributed by atoms with E-state index in [9.17, 15) is 13.2 Å². The molecule has 0 atom stereocenters. The molecule has 0 aliphatic heterocycles. The van der Waals surface area contributed by atoms with Crippen LogP contribution in [0.2, 0.25) is 0 Å². The van der Waals surface area contributed by atoms with E-state index in [-0.39, 0.29) is 16.8 Å². The first kappa shape index (κ1) is 37.5. The van der Waals surface area contributed by atoms with Crippen molar-refractivity contribution in [2.75, 3.05) is 0 Å². The van der Waals surface area contributed by atoms with Gasteiger partial charge in [0.05, 0.1) is 45.6 Å². The van der Waals surface area contributed by atoms with Crippen LogP contribution in [0.15, 0.2) is 115 Å². The highest BCUT2D eigenvalue weighted by atomic mass is 19.4. The van der Waals surface area contributed by atoms with Crippen LogP contribution in [0.3, 0.4) is 0 Å². The molecule has 0 aliphatic carbocycles. The second-order valence-electron chi connectivity index (χ2n) is 15.1. The second kappa shape index (κ2) is 13.9. The zero-order valence-corrected chi connectivity index (χ0v) is 33.6. The molecule has 10 aromatic rings. The highest BCUT2D eigenvalue weighted by Gasteiger charge is 2.35. The summed E-state index contributed by atoms with van der Waals surface area (Å²) in [5, 5.41) is 3.67. The minimum Gasteiger partial charge on any atom is -0.308 e. The third-order valence-electron chi connectivity index (χ3n) is 11.1. The van der Waals surface area contributed by atoms with Gasteiger partial charge in [-0.05, 0) is 118 Å². The molecule has 0 unspecified atom stereocenters. The van der Waals surface area contributed by atoms with Crippen LogP contribution >= 0.6 is 0 Å². The number of hydrogen-bond acceptors (Lipinski definition) is 6. The Balaban J connectivity index is 1.34. The Labute approximate surface area is 347 Å². The number of hydrogen-bond donors (Lipinski definition) is 0. The summed E-state index contributed by atoms with van der Waals surface area (Å²) in [7, 11) is 0. The van der Waals surface area contributed by atoms with Crippen molar-refractivity contribution < 1.29 is 13.2 Å². The Morgan fingerprint density at radius 2 is 0.951 bits per heavy atom. The van der Waals surface area contributed by atoms with Crippen LogP contribution < -0.4 is 0 Å². The van der Waals surface area contributed by atoms with Crippen molar-refractivity contribution in [1.29, 1.82) is 0 Å². The zero-order valence-electron chi connectivity index (χ0n) is 33.6. The average molecular weight is 806 g/mol. The van der Waals surface area contributed by atoms with Gasteiger partial charge in [-0.15, -0.1) is 0 Å². The molecule has 10 rings (SSSR count). The van der Waals surface area contributed by atoms with E-state index in [1.54, 1.807) is 25.1 Å². The molecule has 0 N–H and O–H groups in total. The number of aryl methyl sites for hydroxylation is 5. The number of para-hydroxylation sites is 2. The van der Waals surface area contributed by atoms with E-state index < -0.39 is 11.7 Å². The summed E-state index contributed by atoms with van der Waals surface area (Å²) in [6.07, 6.45) is -4.67. The largest absolute Gasteiger partial charge is 0.416 e. The van der Waals surface area contributed by atoms with E-state index in [2.05, 4.69) is 49.9 Å². The van der Waals surface area contributed by atoms with Crippen molar-refractivity contribution >= 4 is 49.3 Å². The Bertz CT molecular complexity index is 3460. The summed E-state index contributed by atoms with van der Waals surface area (Å²) in [5.41, 5.74) is 5.93. The highest BCUT2D eigenvalue weighted by Crippen LogP contribution is 2.47. The lowest BCUT2D eigenvalue weighted by Gasteiger charge is -2.22. The maximum Gasteiger partial charge on any atom is 0.416 e. The number of halogens is 3. The molecule has 0 saturated carbocycles. The van der Waals surface area contributed by atoms with Gasteiger partial charge in [0.15, 0.2) is 17.3 Å².